The number of nitrogens with one attached hydrogen (secondary N) is 1. The molecule has 2 aliphatic rings. The van der Waals surface area contributed by atoms with Crippen LogP contribution < -0.4 is 5.32 Å². The zero-order valence-electron chi connectivity index (χ0n) is 19.3. The summed E-state index contributed by atoms with van der Waals surface area (Å²) in [6, 6.07) is 8.56. The van der Waals surface area contributed by atoms with Crippen molar-refractivity contribution in [1.29, 1.82) is 0 Å². The number of rotatable bonds is 5. The number of fused-ring (bicyclic) bond motifs is 2. The summed E-state index contributed by atoms with van der Waals surface area (Å²) in [4.78, 5) is 36.9. The van der Waals surface area contributed by atoms with Crippen molar-refractivity contribution in [2.75, 3.05) is 5.32 Å². The molecule has 0 radical (unpaired) electrons. The summed E-state index contributed by atoms with van der Waals surface area (Å²) in [6.07, 6.45) is 3.37. The maximum Gasteiger partial charge on any atom is 0.303 e. The Balaban J connectivity index is 1.48. The van der Waals surface area contributed by atoms with Gasteiger partial charge in [0.05, 0.1) is 18.5 Å². The molecule has 178 valence electrons. The van der Waals surface area contributed by atoms with E-state index in [-0.39, 0.29) is 6.04 Å². The molecule has 1 saturated heterocycles. The van der Waals surface area contributed by atoms with Crippen LogP contribution in [0.2, 0.25) is 0 Å². The summed E-state index contributed by atoms with van der Waals surface area (Å²) in [5, 5.41) is 3.55. The van der Waals surface area contributed by atoms with E-state index in [1.165, 1.54) is 31.3 Å². The first-order chi connectivity index (χ1) is 16.4. The van der Waals surface area contributed by atoms with Gasteiger partial charge in [-0.2, -0.15) is 0 Å². The summed E-state index contributed by atoms with van der Waals surface area (Å²) < 4.78 is 18.7. The third kappa shape index (κ3) is 4.09. The number of aromatic nitrogens is 4. The highest BCUT2D eigenvalue weighted by atomic mass is 16.6. The largest absolute Gasteiger partial charge is 0.456 e. The maximum absolute atomic E-state index is 11.8. The van der Waals surface area contributed by atoms with Crippen molar-refractivity contribution in [3.8, 4) is 0 Å². The lowest BCUT2D eigenvalue weighted by molar-refractivity contribution is -0.165. The molecule has 1 fully saturated rings. The first kappa shape index (κ1) is 22.3. The Morgan fingerprint density at radius 1 is 1.09 bits per heavy atom. The summed E-state index contributed by atoms with van der Waals surface area (Å²) in [6.45, 7) is 4.39. The topological polar surface area (TPSA) is 117 Å². The number of anilines is 1. The van der Waals surface area contributed by atoms with Gasteiger partial charge in [0, 0.05) is 13.8 Å². The van der Waals surface area contributed by atoms with Crippen molar-refractivity contribution in [3.05, 3.63) is 48.0 Å². The van der Waals surface area contributed by atoms with Gasteiger partial charge in [-0.05, 0) is 37.3 Å². The highest BCUT2D eigenvalue weighted by Crippen LogP contribution is 2.37. The number of benzene rings is 1. The lowest BCUT2D eigenvalue weighted by Gasteiger charge is -2.26. The molecule has 1 aliphatic heterocycles. The standard InChI is InChI=1S/C24H27N5O5/c1-13-20(33-14(2)30)21(34-15(3)31)24(32-13)29-12-27-19-22(25-11-26-23(19)29)28-18-10-6-8-16-7-4-5-9-17(16)18/h4-5,7,9,11-13,18,20-21,24H,6,8,10H2,1-3H3,(H,25,26,28)/t13-,18?,20-,21-,24-/m1/s1. The zero-order valence-corrected chi connectivity index (χ0v) is 19.3. The van der Waals surface area contributed by atoms with Crippen LogP contribution in [0.5, 0.6) is 0 Å². The van der Waals surface area contributed by atoms with E-state index in [4.69, 9.17) is 14.2 Å². The summed E-state index contributed by atoms with van der Waals surface area (Å²) >= 11 is 0. The minimum Gasteiger partial charge on any atom is -0.456 e. The van der Waals surface area contributed by atoms with E-state index in [2.05, 4.69) is 44.5 Å². The number of hydrogen-bond acceptors (Lipinski definition) is 9. The predicted octanol–water partition coefficient (Wildman–Crippen LogP) is 3.10. The molecular weight excluding hydrogens is 438 g/mol. The Morgan fingerprint density at radius 2 is 1.85 bits per heavy atom. The summed E-state index contributed by atoms with van der Waals surface area (Å²) in [7, 11) is 0. The molecule has 10 nitrogen and oxygen atoms in total. The zero-order chi connectivity index (χ0) is 23.8. The quantitative estimate of drug-likeness (QED) is 0.567. The Kier molecular flexibility index (Phi) is 5.91. The number of aryl methyl sites for hydroxylation is 1. The van der Waals surface area contributed by atoms with Gasteiger partial charge in [-0.25, -0.2) is 15.0 Å². The van der Waals surface area contributed by atoms with E-state index >= 15 is 0 Å². The second-order valence-corrected chi connectivity index (χ2v) is 8.71. The number of carbonyl (C=O) groups excluding carboxylic acids is 2. The minimum absolute atomic E-state index is 0.123. The molecule has 0 amide bonds. The molecule has 1 N–H and O–H groups in total. The number of ether oxygens (including phenoxy) is 3. The minimum atomic E-state index is -0.842. The van der Waals surface area contributed by atoms with Crippen LogP contribution in [0, 0.1) is 0 Å². The molecular formula is C24H27N5O5. The third-order valence-corrected chi connectivity index (χ3v) is 6.34. The van der Waals surface area contributed by atoms with Crippen molar-refractivity contribution in [2.45, 2.75) is 70.6 Å². The van der Waals surface area contributed by atoms with E-state index in [1.54, 1.807) is 17.8 Å². The molecule has 1 aromatic carbocycles. The fourth-order valence-electron chi connectivity index (χ4n) is 4.91. The van der Waals surface area contributed by atoms with Gasteiger partial charge in [-0.1, -0.05) is 24.3 Å². The predicted molar refractivity (Wildman–Crippen MR) is 122 cm³/mol. The van der Waals surface area contributed by atoms with Gasteiger partial charge in [0.2, 0.25) is 0 Å². The fraction of sp³-hybridized carbons (Fsp3) is 0.458. The molecule has 5 rings (SSSR count). The number of nitrogens with zero attached hydrogens (tertiary/aromatic N) is 4. The first-order valence-electron chi connectivity index (χ1n) is 11.4. The maximum atomic E-state index is 11.8. The summed E-state index contributed by atoms with van der Waals surface area (Å²) in [5.41, 5.74) is 3.72. The second kappa shape index (κ2) is 9.02. The van der Waals surface area contributed by atoms with Crippen LogP contribution in [0.25, 0.3) is 11.2 Å². The van der Waals surface area contributed by atoms with E-state index < -0.39 is 36.5 Å². The van der Waals surface area contributed by atoms with E-state index in [0.717, 1.165) is 19.3 Å². The Labute approximate surface area is 196 Å². The van der Waals surface area contributed by atoms with Crippen molar-refractivity contribution in [2.24, 2.45) is 0 Å². The van der Waals surface area contributed by atoms with Crippen LogP contribution in [0.1, 0.15) is 57.0 Å². The van der Waals surface area contributed by atoms with Crippen LogP contribution >= 0.6 is 0 Å². The van der Waals surface area contributed by atoms with Crippen LogP contribution in [0.3, 0.4) is 0 Å². The molecule has 1 unspecified atom stereocenters. The molecule has 1 aliphatic carbocycles. The van der Waals surface area contributed by atoms with Gasteiger partial charge in [0.1, 0.15) is 6.33 Å². The van der Waals surface area contributed by atoms with Gasteiger partial charge < -0.3 is 19.5 Å². The molecule has 2 aromatic heterocycles. The SMILES string of the molecule is CC(=O)O[C@@H]1[C@H](OC(C)=O)[C@@H](C)O[C@H]1n1cnc2c(NC3CCCc4ccccc43)ncnc21. The molecule has 10 heteroatoms. The first-order valence-corrected chi connectivity index (χ1v) is 11.4. The molecule has 3 heterocycles. The highest BCUT2D eigenvalue weighted by Gasteiger charge is 2.48. The number of imidazole rings is 1. The molecule has 0 spiro atoms. The Bertz CT molecular complexity index is 1230. The van der Waals surface area contributed by atoms with Crippen LogP contribution in [0.4, 0.5) is 5.82 Å². The number of hydrogen-bond donors (Lipinski definition) is 1. The second-order valence-electron chi connectivity index (χ2n) is 8.71. The van der Waals surface area contributed by atoms with Crippen LogP contribution in [-0.2, 0) is 30.2 Å². The average molecular weight is 466 g/mol. The van der Waals surface area contributed by atoms with Gasteiger partial charge in [-0.3, -0.25) is 14.2 Å². The average Bonchev–Trinajstić information content (AvgIpc) is 3.36. The molecule has 0 bridgehead atoms. The molecule has 0 saturated carbocycles. The smallest absolute Gasteiger partial charge is 0.303 e. The van der Waals surface area contributed by atoms with E-state index in [0.29, 0.717) is 17.0 Å². The Hall–Kier alpha value is -3.53. The third-order valence-electron chi connectivity index (χ3n) is 6.34. The van der Waals surface area contributed by atoms with Gasteiger partial charge in [0.15, 0.2) is 35.4 Å². The monoisotopic (exact) mass is 465 g/mol. The Morgan fingerprint density at radius 3 is 2.65 bits per heavy atom. The highest BCUT2D eigenvalue weighted by molar-refractivity contribution is 5.83. The van der Waals surface area contributed by atoms with E-state index in [1.807, 2.05) is 0 Å². The molecule has 5 atom stereocenters. The van der Waals surface area contributed by atoms with Gasteiger partial charge >= 0.3 is 11.9 Å². The molecule has 34 heavy (non-hydrogen) atoms. The van der Waals surface area contributed by atoms with Crippen LogP contribution in [0.15, 0.2) is 36.9 Å². The summed E-state index contributed by atoms with van der Waals surface area (Å²) in [5.74, 6) is -0.352. The van der Waals surface area contributed by atoms with Crippen molar-refractivity contribution in [3.63, 3.8) is 0 Å². The van der Waals surface area contributed by atoms with E-state index in [9.17, 15) is 9.59 Å². The van der Waals surface area contributed by atoms with Crippen molar-refractivity contribution >= 4 is 28.9 Å². The van der Waals surface area contributed by atoms with Crippen LogP contribution in [-0.4, -0.2) is 49.8 Å². The van der Waals surface area contributed by atoms with Crippen molar-refractivity contribution < 1.29 is 23.8 Å². The lowest BCUT2D eigenvalue weighted by Crippen LogP contribution is -2.38. The van der Waals surface area contributed by atoms with Gasteiger partial charge in [0.25, 0.3) is 0 Å². The lowest BCUT2D eigenvalue weighted by atomic mass is 9.88. The number of carbonyl (C=O) groups is 2. The van der Waals surface area contributed by atoms with Crippen molar-refractivity contribution in [1.82, 2.24) is 19.5 Å². The van der Waals surface area contributed by atoms with Gasteiger partial charge in [-0.15, -0.1) is 0 Å². The fourth-order valence-corrected chi connectivity index (χ4v) is 4.91. The normalized spacial score (nSPS) is 26.1. The number of esters is 2. The molecule has 3 aromatic rings.